The highest BCUT2D eigenvalue weighted by Gasteiger charge is 2.15. The second-order valence-electron chi connectivity index (χ2n) is 4.97. The maximum atomic E-state index is 13.0. The molecule has 0 aromatic heterocycles. The van der Waals surface area contributed by atoms with E-state index < -0.39 is 29.6 Å². The molecule has 7 heteroatoms. The van der Waals surface area contributed by atoms with Gasteiger partial charge in [-0.3, -0.25) is 9.59 Å². The summed E-state index contributed by atoms with van der Waals surface area (Å²) in [6.45, 7) is 1.23. The number of benzene rings is 2. The first-order valence-corrected chi connectivity index (χ1v) is 7.20. The molecular formula is C17H16F2N2O3. The van der Waals surface area contributed by atoms with Crippen molar-refractivity contribution in [2.75, 3.05) is 11.9 Å². The summed E-state index contributed by atoms with van der Waals surface area (Å²) in [6, 6.07) is 11.8. The lowest BCUT2D eigenvalue weighted by Gasteiger charge is -2.14. The Labute approximate surface area is 137 Å². The molecule has 2 aromatic rings. The smallest absolute Gasteiger partial charge is 0.261 e. The third-order valence-electron chi connectivity index (χ3n) is 3.05. The number of rotatable bonds is 6. The molecule has 2 aromatic carbocycles. The second-order valence-corrected chi connectivity index (χ2v) is 4.97. The molecule has 0 spiro atoms. The number of anilines is 1. The molecule has 5 nitrogen and oxygen atoms in total. The van der Waals surface area contributed by atoms with Crippen molar-refractivity contribution < 1.29 is 23.1 Å². The molecule has 2 N–H and O–H groups in total. The zero-order valence-electron chi connectivity index (χ0n) is 12.9. The van der Waals surface area contributed by atoms with Crippen LogP contribution in [0.3, 0.4) is 0 Å². The van der Waals surface area contributed by atoms with Crippen molar-refractivity contribution in [2.45, 2.75) is 13.0 Å². The van der Waals surface area contributed by atoms with Crippen LogP contribution in [0.2, 0.25) is 0 Å². The SMILES string of the molecule is C[C@H](Oc1ccccc1)C(=O)NCC(=O)Nc1ccc(F)c(F)c1. The van der Waals surface area contributed by atoms with Gasteiger partial charge in [0.05, 0.1) is 6.54 Å². The molecule has 24 heavy (non-hydrogen) atoms. The average molecular weight is 334 g/mol. The monoisotopic (exact) mass is 334 g/mol. The summed E-state index contributed by atoms with van der Waals surface area (Å²) in [4.78, 5) is 23.6. The third kappa shape index (κ3) is 5.05. The lowest BCUT2D eigenvalue weighted by Crippen LogP contribution is -2.40. The van der Waals surface area contributed by atoms with Crippen molar-refractivity contribution in [3.05, 3.63) is 60.2 Å². The molecule has 2 rings (SSSR count). The normalized spacial score (nSPS) is 11.5. The molecule has 0 radical (unpaired) electrons. The Bertz CT molecular complexity index is 723. The third-order valence-corrected chi connectivity index (χ3v) is 3.05. The summed E-state index contributed by atoms with van der Waals surface area (Å²) in [5.41, 5.74) is 0.0988. The number of carbonyl (C=O) groups excluding carboxylic acids is 2. The van der Waals surface area contributed by atoms with E-state index in [-0.39, 0.29) is 12.2 Å². The Morgan fingerprint density at radius 3 is 2.46 bits per heavy atom. The van der Waals surface area contributed by atoms with E-state index >= 15 is 0 Å². The predicted octanol–water partition coefficient (Wildman–Crippen LogP) is 2.49. The van der Waals surface area contributed by atoms with Gasteiger partial charge in [0.25, 0.3) is 5.91 Å². The maximum Gasteiger partial charge on any atom is 0.261 e. The molecule has 0 aliphatic heterocycles. The topological polar surface area (TPSA) is 67.4 Å². The van der Waals surface area contributed by atoms with Crippen LogP contribution in [0.1, 0.15) is 6.92 Å². The number of hydrogen-bond donors (Lipinski definition) is 2. The van der Waals surface area contributed by atoms with E-state index in [2.05, 4.69) is 10.6 Å². The molecule has 126 valence electrons. The first kappa shape index (κ1) is 17.4. The van der Waals surface area contributed by atoms with Crippen molar-refractivity contribution in [1.29, 1.82) is 0 Å². The molecule has 0 saturated carbocycles. The second kappa shape index (κ2) is 8.05. The zero-order chi connectivity index (χ0) is 17.5. The van der Waals surface area contributed by atoms with Gasteiger partial charge in [0.15, 0.2) is 17.7 Å². The van der Waals surface area contributed by atoms with Crippen molar-refractivity contribution in [3.8, 4) is 5.75 Å². The van der Waals surface area contributed by atoms with E-state index in [0.717, 1.165) is 12.1 Å². The number of para-hydroxylation sites is 1. The molecule has 0 bridgehead atoms. The van der Waals surface area contributed by atoms with Gasteiger partial charge in [-0.2, -0.15) is 0 Å². The highest BCUT2D eigenvalue weighted by atomic mass is 19.2. The van der Waals surface area contributed by atoms with Gasteiger partial charge in [-0.05, 0) is 31.2 Å². The van der Waals surface area contributed by atoms with Gasteiger partial charge in [-0.15, -0.1) is 0 Å². The Kier molecular flexibility index (Phi) is 5.83. The highest BCUT2D eigenvalue weighted by Crippen LogP contribution is 2.13. The largest absolute Gasteiger partial charge is 0.481 e. The standard InChI is InChI=1S/C17H16F2N2O3/c1-11(24-13-5-3-2-4-6-13)17(23)20-10-16(22)21-12-7-8-14(18)15(19)9-12/h2-9,11H,10H2,1H3,(H,20,23)(H,21,22)/t11-/m0/s1. The molecule has 2 amide bonds. The van der Waals surface area contributed by atoms with Gasteiger partial charge in [0.1, 0.15) is 5.75 Å². The van der Waals surface area contributed by atoms with Gasteiger partial charge in [0.2, 0.25) is 5.91 Å². The molecule has 0 heterocycles. The van der Waals surface area contributed by atoms with Gasteiger partial charge < -0.3 is 15.4 Å². The van der Waals surface area contributed by atoms with E-state index in [4.69, 9.17) is 4.74 Å². The van der Waals surface area contributed by atoms with Crippen molar-refractivity contribution in [1.82, 2.24) is 5.32 Å². The van der Waals surface area contributed by atoms with Crippen LogP contribution in [0.5, 0.6) is 5.75 Å². The van der Waals surface area contributed by atoms with Gasteiger partial charge in [0, 0.05) is 11.8 Å². The fourth-order valence-electron chi connectivity index (χ4n) is 1.85. The fourth-order valence-corrected chi connectivity index (χ4v) is 1.85. The van der Waals surface area contributed by atoms with E-state index in [1.165, 1.54) is 6.07 Å². The molecular weight excluding hydrogens is 318 g/mol. The average Bonchev–Trinajstić information content (AvgIpc) is 2.57. The van der Waals surface area contributed by atoms with Crippen molar-refractivity contribution in [3.63, 3.8) is 0 Å². The van der Waals surface area contributed by atoms with Crippen LogP contribution in [0.4, 0.5) is 14.5 Å². The van der Waals surface area contributed by atoms with Crippen molar-refractivity contribution >= 4 is 17.5 Å². The lowest BCUT2D eigenvalue weighted by molar-refractivity contribution is -0.129. The van der Waals surface area contributed by atoms with Crippen LogP contribution in [0.15, 0.2) is 48.5 Å². The van der Waals surface area contributed by atoms with Crippen LogP contribution in [-0.4, -0.2) is 24.5 Å². The predicted molar refractivity (Wildman–Crippen MR) is 84.5 cm³/mol. The zero-order valence-corrected chi connectivity index (χ0v) is 12.9. The minimum absolute atomic E-state index is 0.0988. The van der Waals surface area contributed by atoms with Gasteiger partial charge in [-0.1, -0.05) is 18.2 Å². The molecule has 0 fully saturated rings. The summed E-state index contributed by atoms with van der Waals surface area (Å²) in [5.74, 6) is -2.58. The van der Waals surface area contributed by atoms with Crippen LogP contribution in [-0.2, 0) is 9.59 Å². The Balaban J connectivity index is 1.80. The summed E-state index contributed by atoms with van der Waals surface area (Å²) in [7, 11) is 0. The lowest BCUT2D eigenvalue weighted by atomic mass is 10.3. The van der Waals surface area contributed by atoms with E-state index in [0.29, 0.717) is 5.75 Å². The number of ether oxygens (including phenoxy) is 1. The van der Waals surface area contributed by atoms with Crippen LogP contribution >= 0.6 is 0 Å². The number of carbonyl (C=O) groups is 2. The van der Waals surface area contributed by atoms with Gasteiger partial charge >= 0.3 is 0 Å². The minimum atomic E-state index is -1.07. The molecule has 1 atom stereocenters. The minimum Gasteiger partial charge on any atom is -0.481 e. The number of halogens is 2. The number of hydrogen-bond acceptors (Lipinski definition) is 3. The Hall–Kier alpha value is -2.96. The summed E-state index contributed by atoms with van der Waals surface area (Å²) < 4.78 is 31.3. The van der Waals surface area contributed by atoms with E-state index in [1.54, 1.807) is 31.2 Å². The fraction of sp³-hybridized carbons (Fsp3) is 0.176. The summed E-state index contributed by atoms with van der Waals surface area (Å²) in [6.07, 6.45) is -0.788. The van der Waals surface area contributed by atoms with Crippen LogP contribution < -0.4 is 15.4 Å². The quantitative estimate of drug-likeness (QED) is 0.853. The maximum absolute atomic E-state index is 13.0. The Morgan fingerprint density at radius 1 is 1.08 bits per heavy atom. The molecule has 0 saturated heterocycles. The number of amides is 2. The molecule has 0 aliphatic rings. The summed E-state index contributed by atoms with van der Waals surface area (Å²) >= 11 is 0. The summed E-state index contributed by atoms with van der Waals surface area (Å²) in [5, 5.41) is 4.76. The first-order valence-electron chi connectivity index (χ1n) is 7.20. The van der Waals surface area contributed by atoms with E-state index in [9.17, 15) is 18.4 Å². The molecule has 0 aliphatic carbocycles. The first-order chi connectivity index (χ1) is 11.5. The highest BCUT2D eigenvalue weighted by molar-refractivity contribution is 5.95. The van der Waals surface area contributed by atoms with Gasteiger partial charge in [-0.25, -0.2) is 8.78 Å². The van der Waals surface area contributed by atoms with Crippen molar-refractivity contribution in [2.24, 2.45) is 0 Å². The van der Waals surface area contributed by atoms with Crippen LogP contribution in [0.25, 0.3) is 0 Å². The molecule has 0 unspecified atom stereocenters. The van der Waals surface area contributed by atoms with E-state index in [1.807, 2.05) is 6.07 Å². The number of nitrogens with one attached hydrogen (secondary N) is 2. The Morgan fingerprint density at radius 2 is 1.79 bits per heavy atom. The van der Waals surface area contributed by atoms with Crippen LogP contribution in [0, 0.1) is 11.6 Å².